The van der Waals surface area contributed by atoms with Crippen LogP contribution in [0.3, 0.4) is 0 Å². The summed E-state index contributed by atoms with van der Waals surface area (Å²) in [6.07, 6.45) is 0. The molecule has 1 aromatic rings. The van der Waals surface area contributed by atoms with Crippen LogP contribution in [0.1, 0.15) is 6.92 Å². The Morgan fingerprint density at radius 2 is 2.10 bits per heavy atom. The fourth-order valence-electron chi connectivity index (χ4n) is 1.80. The Labute approximate surface area is 133 Å². The van der Waals surface area contributed by atoms with Crippen molar-refractivity contribution in [1.82, 2.24) is 9.62 Å². The zero-order chi connectivity index (χ0) is 16.2. The summed E-state index contributed by atoms with van der Waals surface area (Å²) < 4.78 is 31.7. The quantitative estimate of drug-likeness (QED) is 0.812. The molecule has 0 radical (unpaired) electrons. The molecule has 1 unspecified atom stereocenters. The van der Waals surface area contributed by atoms with Gasteiger partial charge in [0.25, 0.3) is 0 Å². The predicted octanol–water partition coefficient (Wildman–Crippen LogP) is 1.46. The molecule has 0 aliphatic carbocycles. The molecule has 1 rings (SSSR count). The number of ether oxygens (including phenoxy) is 1. The molecule has 1 N–H and O–H groups in total. The van der Waals surface area contributed by atoms with E-state index in [0.29, 0.717) is 10.2 Å². The molecule has 8 heteroatoms. The van der Waals surface area contributed by atoms with E-state index in [1.807, 2.05) is 0 Å². The second kappa shape index (κ2) is 7.24. The van der Waals surface area contributed by atoms with Crippen molar-refractivity contribution < 1.29 is 17.9 Å². The molecule has 6 nitrogen and oxygen atoms in total. The maximum absolute atomic E-state index is 12.5. The van der Waals surface area contributed by atoms with E-state index < -0.39 is 15.9 Å². The van der Waals surface area contributed by atoms with Crippen LogP contribution in [0.25, 0.3) is 0 Å². The van der Waals surface area contributed by atoms with Crippen LogP contribution in [0.2, 0.25) is 0 Å². The van der Waals surface area contributed by atoms with Gasteiger partial charge in [-0.25, -0.2) is 12.7 Å². The first-order valence-electron chi connectivity index (χ1n) is 6.25. The van der Waals surface area contributed by atoms with Gasteiger partial charge >= 0.3 is 0 Å². The van der Waals surface area contributed by atoms with Crippen LogP contribution in [-0.4, -0.2) is 46.4 Å². The first kappa shape index (κ1) is 17.9. The van der Waals surface area contributed by atoms with E-state index in [4.69, 9.17) is 4.74 Å². The van der Waals surface area contributed by atoms with Gasteiger partial charge in [-0.05, 0) is 34.1 Å². The summed E-state index contributed by atoms with van der Waals surface area (Å²) >= 11 is 3.26. The van der Waals surface area contributed by atoms with Gasteiger partial charge < -0.3 is 10.1 Å². The smallest absolute Gasteiger partial charge is 0.242 e. The van der Waals surface area contributed by atoms with E-state index in [-0.39, 0.29) is 17.3 Å². The van der Waals surface area contributed by atoms with Gasteiger partial charge in [0.2, 0.25) is 15.9 Å². The number of benzene rings is 1. The monoisotopic (exact) mass is 378 g/mol. The third-order valence-electron chi connectivity index (χ3n) is 3.06. The van der Waals surface area contributed by atoms with Gasteiger partial charge in [0.1, 0.15) is 5.75 Å². The lowest BCUT2D eigenvalue weighted by atomic mass is 10.2. The minimum atomic E-state index is -3.66. The van der Waals surface area contributed by atoms with E-state index in [1.54, 1.807) is 13.0 Å². The Bertz CT molecular complexity index is 619. The number of hydrogen-bond acceptors (Lipinski definition) is 4. The van der Waals surface area contributed by atoms with Gasteiger partial charge in [0.05, 0.1) is 16.5 Å². The maximum Gasteiger partial charge on any atom is 0.242 e. The lowest BCUT2D eigenvalue weighted by Crippen LogP contribution is -2.37. The van der Waals surface area contributed by atoms with Crippen LogP contribution in [0.5, 0.6) is 5.75 Å². The van der Waals surface area contributed by atoms with E-state index in [1.165, 1.54) is 37.6 Å². The first-order chi connectivity index (χ1) is 9.73. The van der Waals surface area contributed by atoms with Crippen LogP contribution in [-0.2, 0) is 14.8 Å². The third kappa shape index (κ3) is 4.18. The van der Waals surface area contributed by atoms with Gasteiger partial charge in [0.15, 0.2) is 0 Å². The minimum absolute atomic E-state index is 0.103. The highest BCUT2D eigenvalue weighted by molar-refractivity contribution is 9.10. The van der Waals surface area contributed by atoms with Crippen LogP contribution < -0.4 is 10.1 Å². The molecular weight excluding hydrogens is 360 g/mol. The molecule has 21 heavy (non-hydrogen) atoms. The molecule has 118 valence electrons. The average Bonchev–Trinajstić information content (AvgIpc) is 2.45. The number of nitrogens with zero attached hydrogens (tertiary/aromatic N) is 1. The lowest BCUT2D eigenvalue weighted by Gasteiger charge is -2.20. The van der Waals surface area contributed by atoms with E-state index in [0.717, 1.165) is 0 Å². The van der Waals surface area contributed by atoms with E-state index in [9.17, 15) is 13.2 Å². The largest absolute Gasteiger partial charge is 0.496 e. The summed E-state index contributed by atoms with van der Waals surface area (Å²) in [5.41, 5.74) is 0. The molecule has 1 amide bonds. The number of carbonyl (C=O) groups excluding carboxylic acids is 1. The summed E-state index contributed by atoms with van der Waals surface area (Å²) in [5, 5.41) is 2.50. The Hall–Kier alpha value is -1.12. The Kier molecular flexibility index (Phi) is 6.18. The summed E-state index contributed by atoms with van der Waals surface area (Å²) in [6.45, 7) is 1.78. The van der Waals surface area contributed by atoms with Gasteiger partial charge in [-0.1, -0.05) is 6.92 Å². The fraction of sp³-hybridized carbons (Fsp3) is 0.462. The van der Waals surface area contributed by atoms with Gasteiger partial charge in [-0.3, -0.25) is 4.79 Å². The van der Waals surface area contributed by atoms with Gasteiger partial charge in [0, 0.05) is 26.6 Å². The van der Waals surface area contributed by atoms with Crippen molar-refractivity contribution in [3.8, 4) is 5.75 Å². The molecule has 0 aromatic heterocycles. The van der Waals surface area contributed by atoms with Crippen molar-refractivity contribution in [2.45, 2.75) is 11.8 Å². The molecule has 0 saturated heterocycles. The summed E-state index contributed by atoms with van der Waals surface area (Å²) in [7, 11) is 0.823. The standard InChI is InChI=1S/C13H19BrN2O4S/c1-9(13(17)15-2)8-16(3)21(18,19)10-5-6-12(20-4)11(14)7-10/h5-7,9H,8H2,1-4H3,(H,15,17). The van der Waals surface area contributed by atoms with Crippen LogP contribution in [0.4, 0.5) is 0 Å². The molecule has 0 heterocycles. The summed E-state index contributed by atoms with van der Waals surface area (Å²) in [5.74, 6) is -0.0836. The molecule has 0 saturated carbocycles. The number of halogens is 1. The Morgan fingerprint density at radius 3 is 2.57 bits per heavy atom. The molecule has 0 aliphatic heterocycles. The number of nitrogens with one attached hydrogen (secondary N) is 1. The van der Waals surface area contributed by atoms with Crippen molar-refractivity contribution in [2.24, 2.45) is 5.92 Å². The number of carbonyl (C=O) groups is 1. The van der Waals surface area contributed by atoms with E-state index >= 15 is 0 Å². The number of amides is 1. The Morgan fingerprint density at radius 1 is 1.48 bits per heavy atom. The second-order valence-electron chi connectivity index (χ2n) is 4.60. The molecule has 0 spiro atoms. The zero-order valence-electron chi connectivity index (χ0n) is 12.4. The zero-order valence-corrected chi connectivity index (χ0v) is 14.8. The van der Waals surface area contributed by atoms with Crippen molar-refractivity contribution in [3.63, 3.8) is 0 Å². The van der Waals surface area contributed by atoms with Crippen molar-refractivity contribution >= 4 is 31.9 Å². The SMILES string of the molecule is CNC(=O)C(C)CN(C)S(=O)(=O)c1ccc(OC)c(Br)c1. The van der Waals surface area contributed by atoms with E-state index in [2.05, 4.69) is 21.2 Å². The average molecular weight is 379 g/mol. The number of rotatable bonds is 6. The topological polar surface area (TPSA) is 75.7 Å². The number of sulfonamides is 1. The first-order valence-corrected chi connectivity index (χ1v) is 8.48. The van der Waals surface area contributed by atoms with Crippen LogP contribution in [0, 0.1) is 5.92 Å². The normalized spacial score (nSPS) is 13.0. The molecular formula is C13H19BrN2O4S. The predicted molar refractivity (Wildman–Crippen MR) is 83.7 cm³/mol. The minimum Gasteiger partial charge on any atom is -0.496 e. The molecule has 1 aromatic carbocycles. The van der Waals surface area contributed by atoms with Crippen molar-refractivity contribution in [3.05, 3.63) is 22.7 Å². The number of hydrogen-bond donors (Lipinski definition) is 1. The van der Waals surface area contributed by atoms with Crippen molar-refractivity contribution in [2.75, 3.05) is 27.7 Å². The second-order valence-corrected chi connectivity index (χ2v) is 7.50. The summed E-state index contributed by atoms with van der Waals surface area (Å²) in [6, 6.07) is 4.53. The van der Waals surface area contributed by atoms with Gasteiger partial charge in [-0.15, -0.1) is 0 Å². The molecule has 0 fully saturated rings. The van der Waals surface area contributed by atoms with Gasteiger partial charge in [-0.2, -0.15) is 0 Å². The summed E-state index contributed by atoms with van der Waals surface area (Å²) in [4.78, 5) is 11.6. The van der Waals surface area contributed by atoms with Crippen molar-refractivity contribution in [1.29, 1.82) is 0 Å². The third-order valence-corrected chi connectivity index (χ3v) is 5.50. The highest BCUT2D eigenvalue weighted by Gasteiger charge is 2.25. The molecule has 0 aliphatic rings. The fourth-order valence-corrected chi connectivity index (χ4v) is 3.78. The Balaban J connectivity index is 2.99. The van der Waals surface area contributed by atoms with Crippen LogP contribution >= 0.6 is 15.9 Å². The lowest BCUT2D eigenvalue weighted by molar-refractivity contribution is -0.124. The molecule has 0 bridgehead atoms. The number of methoxy groups -OCH3 is 1. The highest BCUT2D eigenvalue weighted by atomic mass is 79.9. The van der Waals surface area contributed by atoms with Crippen LogP contribution in [0.15, 0.2) is 27.6 Å². The molecule has 1 atom stereocenters. The maximum atomic E-state index is 12.5. The highest BCUT2D eigenvalue weighted by Crippen LogP contribution is 2.28.